The minimum atomic E-state index is -4.38. The number of imidazole rings is 1. The van der Waals surface area contributed by atoms with E-state index in [1.807, 2.05) is 0 Å². The molecule has 0 saturated heterocycles. The van der Waals surface area contributed by atoms with Crippen LogP contribution in [-0.2, 0) is 0 Å². The van der Waals surface area contributed by atoms with E-state index in [2.05, 4.69) is 9.97 Å². The van der Waals surface area contributed by atoms with E-state index >= 15 is 0 Å². The molecule has 0 radical (unpaired) electrons. The molecule has 0 aliphatic carbocycles. The van der Waals surface area contributed by atoms with E-state index in [0.717, 1.165) is 0 Å². The van der Waals surface area contributed by atoms with E-state index in [4.69, 9.17) is 10.5 Å². The van der Waals surface area contributed by atoms with Crippen LogP contribution in [0.5, 0.6) is 5.75 Å². The number of benzene rings is 1. The lowest BCUT2D eigenvalue weighted by Crippen LogP contribution is -2.42. The Morgan fingerprint density at radius 1 is 1.43 bits per heavy atom. The monoisotopic (exact) mass is 319 g/mol. The van der Waals surface area contributed by atoms with Crippen LogP contribution < -0.4 is 10.5 Å². The van der Waals surface area contributed by atoms with Gasteiger partial charge in [0.1, 0.15) is 11.0 Å². The van der Waals surface area contributed by atoms with Gasteiger partial charge in [-0.05, 0) is 18.6 Å². The Labute approximate surface area is 124 Å². The van der Waals surface area contributed by atoms with Gasteiger partial charge in [0.15, 0.2) is 5.16 Å². The molecule has 21 heavy (non-hydrogen) atoms. The molecule has 2 atom stereocenters. The maximum Gasteiger partial charge on any atom is 0.402 e. The van der Waals surface area contributed by atoms with Crippen molar-refractivity contribution in [2.45, 2.75) is 36.0 Å². The molecule has 0 bridgehead atoms. The van der Waals surface area contributed by atoms with Gasteiger partial charge in [0, 0.05) is 12.1 Å². The van der Waals surface area contributed by atoms with Crippen LogP contribution in [0.1, 0.15) is 13.3 Å². The average molecular weight is 319 g/mol. The van der Waals surface area contributed by atoms with Gasteiger partial charge in [-0.2, -0.15) is 13.2 Å². The summed E-state index contributed by atoms with van der Waals surface area (Å²) in [6, 6.07) is 4.11. The zero-order valence-corrected chi connectivity index (χ0v) is 12.4. The summed E-state index contributed by atoms with van der Waals surface area (Å²) in [5.74, 6) is 0.611. The van der Waals surface area contributed by atoms with Crippen molar-refractivity contribution >= 4 is 22.8 Å². The van der Waals surface area contributed by atoms with Gasteiger partial charge in [0.2, 0.25) is 0 Å². The first-order chi connectivity index (χ1) is 9.85. The number of aromatic nitrogens is 2. The van der Waals surface area contributed by atoms with Crippen LogP contribution in [0.3, 0.4) is 0 Å². The van der Waals surface area contributed by atoms with Crippen molar-refractivity contribution < 1.29 is 17.9 Å². The Kier molecular flexibility index (Phi) is 4.67. The number of alkyl halides is 3. The average Bonchev–Trinajstić information content (AvgIpc) is 2.84. The van der Waals surface area contributed by atoms with E-state index in [0.29, 0.717) is 28.5 Å². The molecular weight excluding hydrogens is 303 g/mol. The molecule has 0 aliphatic rings. The molecule has 2 rings (SSSR count). The van der Waals surface area contributed by atoms with Crippen molar-refractivity contribution in [2.75, 3.05) is 7.11 Å². The predicted molar refractivity (Wildman–Crippen MR) is 76.6 cm³/mol. The van der Waals surface area contributed by atoms with Crippen molar-refractivity contribution in [1.29, 1.82) is 0 Å². The molecule has 0 aliphatic heterocycles. The molecule has 0 saturated carbocycles. The first kappa shape index (κ1) is 16.0. The van der Waals surface area contributed by atoms with E-state index < -0.39 is 17.5 Å². The molecule has 1 heterocycles. The number of thioether (sulfide) groups is 1. The number of hydrogen-bond acceptors (Lipinski definition) is 4. The fourth-order valence-corrected chi connectivity index (χ4v) is 2.94. The van der Waals surface area contributed by atoms with Crippen molar-refractivity contribution in [3.63, 3.8) is 0 Å². The highest BCUT2D eigenvalue weighted by Crippen LogP contribution is 2.37. The fourth-order valence-electron chi connectivity index (χ4n) is 1.88. The smallest absolute Gasteiger partial charge is 0.402 e. The van der Waals surface area contributed by atoms with Gasteiger partial charge in [-0.25, -0.2) is 4.98 Å². The van der Waals surface area contributed by atoms with Gasteiger partial charge < -0.3 is 15.5 Å². The molecule has 1 aromatic carbocycles. The zero-order chi connectivity index (χ0) is 15.6. The molecule has 116 valence electrons. The third-order valence-corrected chi connectivity index (χ3v) is 4.38. The maximum absolute atomic E-state index is 13.1. The Morgan fingerprint density at radius 3 is 2.71 bits per heavy atom. The summed E-state index contributed by atoms with van der Waals surface area (Å²) in [4.78, 5) is 7.02. The highest BCUT2D eigenvalue weighted by atomic mass is 32.2. The quantitative estimate of drug-likeness (QED) is 0.830. The molecule has 2 aromatic rings. The molecule has 8 heteroatoms. The van der Waals surface area contributed by atoms with E-state index in [1.54, 1.807) is 25.1 Å². The summed E-state index contributed by atoms with van der Waals surface area (Å²) in [7, 11) is 1.52. The second-order valence-corrected chi connectivity index (χ2v) is 5.71. The number of H-pyrrole nitrogens is 1. The summed E-state index contributed by atoms with van der Waals surface area (Å²) in [6.07, 6.45) is -4.14. The topological polar surface area (TPSA) is 63.9 Å². The Morgan fingerprint density at radius 2 is 2.14 bits per heavy atom. The molecule has 3 N–H and O–H groups in total. The van der Waals surface area contributed by atoms with Crippen LogP contribution in [0, 0.1) is 0 Å². The summed E-state index contributed by atoms with van der Waals surface area (Å²) in [5.41, 5.74) is 6.80. The van der Waals surface area contributed by atoms with Crippen LogP contribution in [0.25, 0.3) is 11.0 Å². The number of nitrogens with two attached hydrogens (primary N) is 1. The number of rotatable bonds is 5. The summed E-state index contributed by atoms with van der Waals surface area (Å²) in [5, 5.41) is -1.49. The lowest BCUT2D eigenvalue weighted by molar-refractivity contribution is -0.132. The fraction of sp³-hybridized carbons (Fsp3) is 0.462. The number of halogens is 3. The summed E-state index contributed by atoms with van der Waals surface area (Å²) < 4.78 is 44.2. The lowest BCUT2D eigenvalue weighted by Gasteiger charge is -2.23. The molecule has 0 fully saturated rings. The van der Waals surface area contributed by atoms with Gasteiger partial charge in [-0.3, -0.25) is 0 Å². The van der Waals surface area contributed by atoms with Gasteiger partial charge in [-0.1, -0.05) is 18.7 Å². The predicted octanol–water partition coefficient (Wildman–Crippen LogP) is 3.33. The summed E-state index contributed by atoms with van der Waals surface area (Å²) in [6.45, 7) is 1.63. The van der Waals surface area contributed by atoms with Crippen molar-refractivity contribution in [3.05, 3.63) is 18.2 Å². The minimum Gasteiger partial charge on any atom is -0.497 e. The third-order valence-electron chi connectivity index (χ3n) is 3.09. The van der Waals surface area contributed by atoms with E-state index in [1.165, 1.54) is 7.11 Å². The van der Waals surface area contributed by atoms with Gasteiger partial charge in [0.05, 0.1) is 18.1 Å². The van der Waals surface area contributed by atoms with E-state index in [9.17, 15) is 13.2 Å². The van der Waals surface area contributed by atoms with Gasteiger partial charge in [0.25, 0.3) is 0 Å². The third kappa shape index (κ3) is 3.62. The molecule has 0 spiro atoms. The number of fused-ring (bicyclic) bond motifs is 1. The van der Waals surface area contributed by atoms with E-state index in [-0.39, 0.29) is 11.6 Å². The number of nitrogens with zero attached hydrogens (tertiary/aromatic N) is 1. The summed E-state index contributed by atoms with van der Waals surface area (Å²) >= 11 is 0.610. The van der Waals surface area contributed by atoms with Crippen LogP contribution in [-0.4, -0.2) is 34.5 Å². The number of hydrogen-bond donors (Lipinski definition) is 2. The molecule has 0 amide bonds. The highest BCUT2D eigenvalue weighted by molar-refractivity contribution is 7.99. The molecule has 4 nitrogen and oxygen atoms in total. The number of ether oxygens (including phenoxy) is 1. The van der Waals surface area contributed by atoms with Crippen LogP contribution >= 0.6 is 11.8 Å². The SMILES string of the molecule is CCC(N)C(Sc1nc2ccc(OC)cc2[nH]1)C(F)(F)F. The lowest BCUT2D eigenvalue weighted by atomic mass is 10.1. The number of methoxy groups -OCH3 is 1. The Bertz CT molecular complexity index is 614. The number of nitrogens with one attached hydrogen (secondary N) is 1. The van der Waals surface area contributed by atoms with Crippen LogP contribution in [0.2, 0.25) is 0 Å². The zero-order valence-electron chi connectivity index (χ0n) is 11.6. The Hall–Kier alpha value is -1.41. The van der Waals surface area contributed by atoms with Crippen LogP contribution in [0.15, 0.2) is 23.4 Å². The molecule has 1 aromatic heterocycles. The molecular formula is C13H16F3N3OS. The standard InChI is InChI=1S/C13H16F3N3OS/c1-3-8(17)11(13(14,15)16)21-12-18-9-5-4-7(20-2)6-10(9)19-12/h4-6,8,11H,3,17H2,1-2H3,(H,18,19). The second kappa shape index (κ2) is 6.15. The number of aromatic amines is 1. The van der Waals surface area contributed by atoms with Crippen molar-refractivity contribution in [2.24, 2.45) is 5.73 Å². The minimum absolute atomic E-state index is 0.199. The van der Waals surface area contributed by atoms with Gasteiger partial charge >= 0.3 is 6.18 Å². The Balaban J connectivity index is 2.28. The first-order valence-corrected chi connectivity index (χ1v) is 7.25. The molecule has 2 unspecified atom stereocenters. The highest BCUT2D eigenvalue weighted by Gasteiger charge is 2.44. The maximum atomic E-state index is 13.1. The normalized spacial score (nSPS) is 15.1. The van der Waals surface area contributed by atoms with Gasteiger partial charge in [-0.15, -0.1) is 0 Å². The largest absolute Gasteiger partial charge is 0.497 e. The first-order valence-electron chi connectivity index (χ1n) is 6.38. The second-order valence-electron chi connectivity index (χ2n) is 4.58. The van der Waals surface area contributed by atoms with Crippen molar-refractivity contribution in [1.82, 2.24) is 9.97 Å². The van der Waals surface area contributed by atoms with Crippen LogP contribution in [0.4, 0.5) is 13.2 Å². The van der Waals surface area contributed by atoms with Crippen molar-refractivity contribution in [3.8, 4) is 5.75 Å².